The molecule has 1 aromatic rings. The van der Waals surface area contributed by atoms with Crippen LogP contribution in [0.2, 0.25) is 0 Å². The summed E-state index contributed by atoms with van der Waals surface area (Å²) in [5.74, 6) is 0.830. The molecular weight excluding hydrogens is 429 g/mol. The SMILES string of the molecule is CN=C(NCCCOCCc1ccccc1)NCC1(C)CCCO1.I. The third-order valence-corrected chi connectivity index (χ3v) is 4.29. The quantitative estimate of drug-likeness (QED) is 0.257. The van der Waals surface area contributed by atoms with Crippen molar-refractivity contribution < 1.29 is 9.47 Å². The van der Waals surface area contributed by atoms with Gasteiger partial charge in [-0.3, -0.25) is 4.99 Å². The van der Waals surface area contributed by atoms with Gasteiger partial charge in [0.25, 0.3) is 0 Å². The molecule has 0 amide bonds. The lowest BCUT2D eigenvalue weighted by atomic mass is 10.0. The Balaban J connectivity index is 0.00000312. The number of hydrogen-bond donors (Lipinski definition) is 2. The Hall–Kier alpha value is -0.860. The van der Waals surface area contributed by atoms with Crippen LogP contribution >= 0.6 is 24.0 Å². The van der Waals surface area contributed by atoms with E-state index in [0.29, 0.717) is 0 Å². The predicted molar refractivity (Wildman–Crippen MR) is 114 cm³/mol. The summed E-state index contributed by atoms with van der Waals surface area (Å²) in [4.78, 5) is 4.25. The van der Waals surface area contributed by atoms with E-state index in [2.05, 4.69) is 46.8 Å². The molecule has 0 aliphatic carbocycles. The maximum absolute atomic E-state index is 5.78. The van der Waals surface area contributed by atoms with Crippen LogP contribution in [0.5, 0.6) is 0 Å². The summed E-state index contributed by atoms with van der Waals surface area (Å²) in [6.45, 7) is 6.19. The van der Waals surface area contributed by atoms with Crippen LogP contribution in [-0.2, 0) is 15.9 Å². The molecule has 1 aromatic carbocycles. The molecule has 5 nitrogen and oxygen atoms in total. The van der Waals surface area contributed by atoms with E-state index in [1.807, 2.05) is 6.07 Å². The Labute approximate surface area is 169 Å². The van der Waals surface area contributed by atoms with Crippen LogP contribution in [0.25, 0.3) is 0 Å². The fourth-order valence-corrected chi connectivity index (χ4v) is 2.79. The van der Waals surface area contributed by atoms with Gasteiger partial charge in [-0.05, 0) is 38.2 Å². The predicted octanol–water partition coefficient (Wildman–Crippen LogP) is 2.99. The van der Waals surface area contributed by atoms with Crippen LogP contribution in [0.3, 0.4) is 0 Å². The van der Waals surface area contributed by atoms with Gasteiger partial charge in [0.1, 0.15) is 0 Å². The topological polar surface area (TPSA) is 54.9 Å². The Morgan fingerprint density at radius 3 is 2.72 bits per heavy atom. The molecule has 6 heteroatoms. The van der Waals surface area contributed by atoms with Crippen molar-refractivity contribution in [2.75, 3.05) is 40.0 Å². The summed E-state index contributed by atoms with van der Waals surface area (Å²) >= 11 is 0. The molecule has 1 fully saturated rings. The molecule has 0 bridgehead atoms. The van der Waals surface area contributed by atoms with Crippen molar-refractivity contribution in [1.29, 1.82) is 0 Å². The summed E-state index contributed by atoms with van der Waals surface area (Å²) in [7, 11) is 1.80. The van der Waals surface area contributed by atoms with Crippen molar-refractivity contribution in [3.63, 3.8) is 0 Å². The molecule has 142 valence electrons. The molecule has 2 N–H and O–H groups in total. The van der Waals surface area contributed by atoms with Crippen molar-refractivity contribution >= 4 is 29.9 Å². The number of nitrogens with one attached hydrogen (secondary N) is 2. The Morgan fingerprint density at radius 1 is 1.24 bits per heavy atom. The number of guanidine groups is 1. The highest BCUT2D eigenvalue weighted by molar-refractivity contribution is 14.0. The minimum atomic E-state index is -0.0574. The highest BCUT2D eigenvalue weighted by atomic mass is 127. The Bertz CT molecular complexity index is 491. The molecule has 25 heavy (non-hydrogen) atoms. The molecular formula is C19H32IN3O2. The lowest BCUT2D eigenvalue weighted by Crippen LogP contribution is -2.45. The molecule has 0 saturated carbocycles. The van der Waals surface area contributed by atoms with Crippen LogP contribution in [0.15, 0.2) is 35.3 Å². The zero-order chi connectivity index (χ0) is 17.1. The average molecular weight is 461 g/mol. The van der Waals surface area contributed by atoms with E-state index in [4.69, 9.17) is 9.47 Å². The number of nitrogens with zero attached hydrogens (tertiary/aromatic N) is 1. The van der Waals surface area contributed by atoms with Crippen molar-refractivity contribution in [3.05, 3.63) is 35.9 Å². The van der Waals surface area contributed by atoms with Gasteiger partial charge in [-0.15, -0.1) is 24.0 Å². The first kappa shape index (κ1) is 22.2. The molecule has 1 saturated heterocycles. The van der Waals surface area contributed by atoms with Gasteiger partial charge in [-0.2, -0.15) is 0 Å². The first-order chi connectivity index (χ1) is 11.7. The van der Waals surface area contributed by atoms with Gasteiger partial charge in [0.05, 0.1) is 12.2 Å². The largest absolute Gasteiger partial charge is 0.381 e. The number of halogens is 1. The number of rotatable bonds is 9. The van der Waals surface area contributed by atoms with Crippen molar-refractivity contribution in [1.82, 2.24) is 10.6 Å². The van der Waals surface area contributed by atoms with Crippen LogP contribution < -0.4 is 10.6 Å². The molecule has 0 spiro atoms. The summed E-state index contributed by atoms with van der Waals surface area (Å²) in [6, 6.07) is 10.4. The smallest absolute Gasteiger partial charge is 0.191 e. The first-order valence-corrected chi connectivity index (χ1v) is 8.92. The van der Waals surface area contributed by atoms with Gasteiger partial charge in [0, 0.05) is 33.4 Å². The van der Waals surface area contributed by atoms with E-state index in [0.717, 1.165) is 64.6 Å². The number of ether oxygens (including phenoxy) is 2. The third-order valence-electron chi connectivity index (χ3n) is 4.29. The monoisotopic (exact) mass is 461 g/mol. The van der Waals surface area contributed by atoms with Gasteiger partial charge in [0.2, 0.25) is 0 Å². The normalized spacial score (nSPS) is 20.2. The second-order valence-electron chi connectivity index (χ2n) is 6.46. The van der Waals surface area contributed by atoms with E-state index >= 15 is 0 Å². The van der Waals surface area contributed by atoms with Crippen LogP contribution in [-0.4, -0.2) is 51.5 Å². The second-order valence-corrected chi connectivity index (χ2v) is 6.46. The van der Waals surface area contributed by atoms with E-state index in [-0.39, 0.29) is 29.6 Å². The van der Waals surface area contributed by atoms with Crippen molar-refractivity contribution in [3.8, 4) is 0 Å². The van der Waals surface area contributed by atoms with Crippen molar-refractivity contribution in [2.24, 2.45) is 4.99 Å². The van der Waals surface area contributed by atoms with Crippen LogP contribution in [0.1, 0.15) is 31.7 Å². The van der Waals surface area contributed by atoms with Gasteiger partial charge >= 0.3 is 0 Å². The number of hydrogen-bond acceptors (Lipinski definition) is 3. The first-order valence-electron chi connectivity index (χ1n) is 8.92. The molecule has 1 unspecified atom stereocenters. The molecule has 1 aliphatic heterocycles. The van der Waals surface area contributed by atoms with Gasteiger partial charge in [-0.25, -0.2) is 0 Å². The summed E-state index contributed by atoms with van der Waals surface area (Å²) in [5, 5.41) is 6.67. The standard InChI is InChI=1S/C19H31N3O2.HI/c1-19(11-6-14-24-19)16-22-18(20-2)21-12-7-13-23-15-10-17-8-4-3-5-9-17;/h3-5,8-9H,6-7,10-16H2,1-2H3,(H2,20,21,22);1H. The third kappa shape index (κ3) is 8.87. The minimum Gasteiger partial charge on any atom is -0.381 e. The highest BCUT2D eigenvalue weighted by Gasteiger charge is 2.29. The molecule has 2 rings (SSSR count). The summed E-state index contributed by atoms with van der Waals surface area (Å²) in [5.41, 5.74) is 1.26. The maximum atomic E-state index is 5.78. The molecule has 1 heterocycles. The van der Waals surface area contributed by atoms with Crippen LogP contribution in [0.4, 0.5) is 0 Å². The van der Waals surface area contributed by atoms with Crippen molar-refractivity contribution in [2.45, 2.75) is 38.2 Å². The average Bonchev–Trinajstić information content (AvgIpc) is 3.04. The Morgan fingerprint density at radius 2 is 2.04 bits per heavy atom. The zero-order valence-corrected chi connectivity index (χ0v) is 17.8. The molecule has 0 aromatic heterocycles. The lowest BCUT2D eigenvalue weighted by molar-refractivity contribution is 0.0242. The number of aliphatic imine (C=N–C) groups is 1. The van der Waals surface area contributed by atoms with E-state index < -0.39 is 0 Å². The van der Waals surface area contributed by atoms with E-state index in [1.165, 1.54) is 5.56 Å². The van der Waals surface area contributed by atoms with Gasteiger partial charge in [0.15, 0.2) is 5.96 Å². The fourth-order valence-electron chi connectivity index (χ4n) is 2.79. The van der Waals surface area contributed by atoms with E-state index in [1.54, 1.807) is 7.05 Å². The molecule has 1 atom stereocenters. The highest BCUT2D eigenvalue weighted by Crippen LogP contribution is 2.23. The zero-order valence-electron chi connectivity index (χ0n) is 15.4. The van der Waals surface area contributed by atoms with E-state index in [9.17, 15) is 0 Å². The summed E-state index contributed by atoms with van der Waals surface area (Å²) < 4.78 is 11.5. The van der Waals surface area contributed by atoms with Crippen LogP contribution in [0, 0.1) is 0 Å². The van der Waals surface area contributed by atoms with Gasteiger partial charge in [-0.1, -0.05) is 30.3 Å². The summed E-state index contributed by atoms with van der Waals surface area (Å²) in [6.07, 6.45) is 4.18. The Kier molecular flexibility index (Phi) is 11.1. The van der Waals surface area contributed by atoms with Gasteiger partial charge < -0.3 is 20.1 Å². The molecule has 0 radical (unpaired) electrons. The second kappa shape index (κ2) is 12.5. The fraction of sp³-hybridized carbons (Fsp3) is 0.632. The maximum Gasteiger partial charge on any atom is 0.191 e. The molecule has 1 aliphatic rings. The lowest BCUT2D eigenvalue weighted by Gasteiger charge is -2.24. The minimum absolute atomic E-state index is 0. The number of benzene rings is 1.